The van der Waals surface area contributed by atoms with Crippen LogP contribution in [0.1, 0.15) is 21.5 Å². The van der Waals surface area contributed by atoms with Crippen LogP contribution >= 0.6 is 0 Å². The Morgan fingerprint density at radius 1 is 1.29 bits per heavy atom. The molecule has 0 fully saturated rings. The fraction of sp³-hybridized carbons (Fsp3) is 0.278. The molecule has 1 aromatic carbocycles. The Balaban J connectivity index is 2.06. The van der Waals surface area contributed by atoms with Gasteiger partial charge in [-0.1, -0.05) is 18.2 Å². The molecule has 2 heterocycles. The molecule has 0 saturated heterocycles. The zero-order valence-electron chi connectivity index (χ0n) is 13.7. The largest absolute Gasteiger partial charge is 0.383 e. The smallest absolute Gasteiger partial charge is 0.246 e. The van der Waals surface area contributed by atoms with E-state index in [4.69, 9.17) is 0 Å². The van der Waals surface area contributed by atoms with Crippen LogP contribution in [0.3, 0.4) is 0 Å². The summed E-state index contributed by atoms with van der Waals surface area (Å²) in [5.74, 6) is -0.515. The molecule has 24 heavy (non-hydrogen) atoms. The van der Waals surface area contributed by atoms with Crippen molar-refractivity contribution in [3.05, 3.63) is 53.2 Å². The van der Waals surface area contributed by atoms with Gasteiger partial charge in [-0.25, -0.2) is 0 Å². The van der Waals surface area contributed by atoms with Gasteiger partial charge in [-0.3, -0.25) is 14.4 Å². The number of amides is 2. The standard InChI is InChI=1S/C18H19N3O3/c1-20(2)8-7-16(22)14-5-3-4-13-12(14)6-9-21-15(13)10-17(23)19-11-18(21)24/h3-5,7-8,10H,6,9,11H2,1-2H3,(H,19,23)/b8-7+. The molecule has 2 amide bonds. The first-order valence-corrected chi connectivity index (χ1v) is 7.78. The summed E-state index contributed by atoms with van der Waals surface area (Å²) in [7, 11) is 3.70. The molecule has 2 aliphatic rings. The minimum absolute atomic E-state index is 0.00163. The first kappa shape index (κ1) is 16.0. The number of benzene rings is 1. The number of hydrogen-bond acceptors (Lipinski definition) is 4. The number of carbonyl (C=O) groups excluding carboxylic acids is 3. The van der Waals surface area contributed by atoms with Crippen molar-refractivity contribution < 1.29 is 14.4 Å². The van der Waals surface area contributed by atoms with Gasteiger partial charge in [0.25, 0.3) is 0 Å². The lowest BCUT2D eigenvalue weighted by Crippen LogP contribution is -2.38. The van der Waals surface area contributed by atoms with Gasteiger partial charge in [-0.05, 0) is 12.0 Å². The molecule has 0 spiro atoms. The highest BCUT2D eigenvalue weighted by Crippen LogP contribution is 2.32. The molecule has 3 rings (SSSR count). The van der Waals surface area contributed by atoms with Crippen molar-refractivity contribution in [2.45, 2.75) is 6.42 Å². The Kier molecular flexibility index (Phi) is 4.20. The van der Waals surface area contributed by atoms with E-state index in [1.54, 1.807) is 28.1 Å². The van der Waals surface area contributed by atoms with Crippen LogP contribution in [0.2, 0.25) is 0 Å². The lowest BCUT2D eigenvalue weighted by atomic mass is 9.90. The van der Waals surface area contributed by atoms with E-state index in [0.717, 1.165) is 11.1 Å². The van der Waals surface area contributed by atoms with E-state index >= 15 is 0 Å². The van der Waals surface area contributed by atoms with Gasteiger partial charge in [-0.15, -0.1) is 0 Å². The second-order valence-corrected chi connectivity index (χ2v) is 6.02. The molecule has 0 radical (unpaired) electrons. The highest BCUT2D eigenvalue weighted by molar-refractivity contribution is 6.08. The van der Waals surface area contributed by atoms with Gasteiger partial charge in [-0.2, -0.15) is 0 Å². The summed E-state index contributed by atoms with van der Waals surface area (Å²) in [5, 5.41) is 2.56. The Hall–Kier alpha value is -2.89. The van der Waals surface area contributed by atoms with Gasteiger partial charge in [0.2, 0.25) is 11.8 Å². The van der Waals surface area contributed by atoms with Crippen LogP contribution < -0.4 is 5.32 Å². The summed E-state index contributed by atoms with van der Waals surface area (Å²) in [6.45, 7) is 0.465. The van der Waals surface area contributed by atoms with Crippen LogP contribution in [0.15, 0.2) is 36.6 Å². The topological polar surface area (TPSA) is 69.7 Å². The predicted molar refractivity (Wildman–Crippen MR) is 90.0 cm³/mol. The monoisotopic (exact) mass is 325 g/mol. The summed E-state index contributed by atoms with van der Waals surface area (Å²) in [4.78, 5) is 39.9. The molecule has 0 saturated carbocycles. The lowest BCUT2D eigenvalue weighted by Gasteiger charge is -2.31. The van der Waals surface area contributed by atoms with E-state index in [0.29, 0.717) is 24.2 Å². The van der Waals surface area contributed by atoms with E-state index < -0.39 is 0 Å². The minimum Gasteiger partial charge on any atom is -0.383 e. The van der Waals surface area contributed by atoms with Crippen molar-refractivity contribution in [1.82, 2.24) is 15.1 Å². The van der Waals surface area contributed by atoms with Crippen LogP contribution in [0, 0.1) is 0 Å². The molecule has 1 aromatic rings. The first-order valence-electron chi connectivity index (χ1n) is 7.78. The van der Waals surface area contributed by atoms with Gasteiger partial charge >= 0.3 is 0 Å². The van der Waals surface area contributed by atoms with Crippen molar-refractivity contribution in [1.29, 1.82) is 0 Å². The SMILES string of the molecule is CN(C)/C=C/C(=O)c1cccc2c1CCN1C(=O)CNC(=O)C=C21. The highest BCUT2D eigenvalue weighted by atomic mass is 16.2. The van der Waals surface area contributed by atoms with Gasteiger partial charge in [0.05, 0.1) is 12.2 Å². The summed E-state index contributed by atoms with van der Waals surface area (Å²) < 4.78 is 0. The molecular weight excluding hydrogens is 306 g/mol. The minimum atomic E-state index is -0.294. The average molecular weight is 325 g/mol. The number of fused-ring (bicyclic) bond motifs is 3. The molecule has 0 aliphatic carbocycles. The molecule has 124 valence electrons. The number of hydrogen-bond donors (Lipinski definition) is 1. The number of nitrogens with zero attached hydrogens (tertiary/aromatic N) is 2. The van der Waals surface area contributed by atoms with E-state index in [-0.39, 0.29) is 24.1 Å². The number of allylic oxidation sites excluding steroid dienone is 1. The predicted octanol–water partition coefficient (Wildman–Crippen LogP) is 0.800. The number of rotatable bonds is 3. The molecule has 2 aliphatic heterocycles. The van der Waals surface area contributed by atoms with Gasteiger partial charge in [0.1, 0.15) is 0 Å². The molecule has 1 N–H and O–H groups in total. The normalized spacial score (nSPS) is 16.9. The fourth-order valence-electron chi connectivity index (χ4n) is 2.97. The number of ketones is 1. The second kappa shape index (κ2) is 6.31. The third-order valence-electron chi connectivity index (χ3n) is 4.10. The zero-order chi connectivity index (χ0) is 17.3. The quantitative estimate of drug-likeness (QED) is 0.659. The third-order valence-corrected chi connectivity index (χ3v) is 4.10. The van der Waals surface area contributed by atoms with Crippen LogP contribution in [-0.4, -0.2) is 54.6 Å². The summed E-state index contributed by atoms with van der Waals surface area (Å²) in [6, 6.07) is 5.43. The number of carbonyl (C=O) groups is 3. The van der Waals surface area contributed by atoms with Crippen molar-refractivity contribution in [3.63, 3.8) is 0 Å². The Labute approximate surface area is 140 Å². The summed E-state index contributed by atoms with van der Waals surface area (Å²) >= 11 is 0. The van der Waals surface area contributed by atoms with Crippen LogP contribution in [0.5, 0.6) is 0 Å². The van der Waals surface area contributed by atoms with Crippen LogP contribution in [-0.2, 0) is 16.0 Å². The molecule has 6 nitrogen and oxygen atoms in total. The van der Waals surface area contributed by atoms with Crippen LogP contribution in [0.4, 0.5) is 0 Å². The molecule has 0 aromatic heterocycles. The fourth-order valence-corrected chi connectivity index (χ4v) is 2.97. The maximum Gasteiger partial charge on any atom is 0.246 e. The van der Waals surface area contributed by atoms with Crippen molar-refractivity contribution in [3.8, 4) is 0 Å². The van der Waals surface area contributed by atoms with Crippen LogP contribution in [0.25, 0.3) is 5.70 Å². The van der Waals surface area contributed by atoms with E-state index in [1.165, 1.54) is 12.2 Å². The van der Waals surface area contributed by atoms with E-state index in [9.17, 15) is 14.4 Å². The van der Waals surface area contributed by atoms with Crippen molar-refractivity contribution in [2.24, 2.45) is 0 Å². The average Bonchev–Trinajstić information content (AvgIpc) is 2.71. The summed E-state index contributed by atoms with van der Waals surface area (Å²) in [6.07, 6.45) is 5.26. The van der Waals surface area contributed by atoms with Gasteiger partial charge < -0.3 is 15.1 Å². The molecule has 0 bridgehead atoms. The maximum atomic E-state index is 12.5. The van der Waals surface area contributed by atoms with Crippen molar-refractivity contribution in [2.75, 3.05) is 27.2 Å². The van der Waals surface area contributed by atoms with Gasteiger partial charge in [0.15, 0.2) is 5.78 Å². The lowest BCUT2D eigenvalue weighted by molar-refractivity contribution is -0.128. The first-order chi connectivity index (χ1) is 11.5. The Bertz CT molecular complexity index is 778. The second-order valence-electron chi connectivity index (χ2n) is 6.02. The molecule has 6 heteroatoms. The Morgan fingerprint density at radius 3 is 2.83 bits per heavy atom. The third kappa shape index (κ3) is 2.95. The van der Waals surface area contributed by atoms with Crippen molar-refractivity contribution >= 4 is 23.3 Å². The van der Waals surface area contributed by atoms with E-state index in [2.05, 4.69) is 5.32 Å². The van der Waals surface area contributed by atoms with E-state index in [1.807, 2.05) is 20.2 Å². The molecular formula is C18H19N3O3. The Morgan fingerprint density at radius 2 is 2.08 bits per heavy atom. The number of nitrogens with one attached hydrogen (secondary N) is 1. The van der Waals surface area contributed by atoms with Gasteiger partial charge in [0, 0.05) is 50.1 Å². The molecule has 0 atom stereocenters. The zero-order valence-corrected chi connectivity index (χ0v) is 13.7. The highest BCUT2D eigenvalue weighted by Gasteiger charge is 2.30. The summed E-state index contributed by atoms with van der Waals surface area (Å²) in [5.41, 5.74) is 2.84. The maximum absolute atomic E-state index is 12.5. The molecule has 0 unspecified atom stereocenters.